The van der Waals surface area contributed by atoms with Crippen molar-refractivity contribution in [2.45, 2.75) is 23.3 Å². The Morgan fingerprint density at radius 3 is 3.27 bits per heavy atom. The minimum absolute atomic E-state index is 0.0174. The molecule has 0 bridgehead atoms. The fourth-order valence-electron chi connectivity index (χ4n) is 0.789. The van der Waals surface area contributed by atoms with Gasteiger partial charge in [-0.05, 0) is 0 Å². The van der Waals surface area contributed by atoms with Gasteiger partial charge in [0.15, 0.2) is 0 Å². The molecule has 0 aliphatic carbocycles. The molecule has 0 radical (unpaired) electrons. The maximum absolute atomic E-state index is 10.9. The first-order valence-electron chi connectivity index (χ1n) is 3.29. The Bertz CT molecular complexity index is 162. The summed E-state index contributed by atoms with van der Waals surface area (Å²) >= 11 is 0.423. The zero-order valence-electron chi connectivity index (χ0n) is 5.91. The van der Waals surface area contributed by atoms with Gasteiger partial charge in [-0.2, -0.15) is 0 Å². The Labute approximate surface area is 70.8 Å². The summed E-state index contributed by atoms with van der Waals surface area (Å²) < 4.78 is 4.64. The number of carbonyl (C=O) groups is 2. The molecule has 1 fully saturated rings. The van der Waals surface area contributed by atoms with Gasteiger partial charge in [0, 0.05) is 0 Å². The van der Waals surface area contributed by atoms with E-state index in [1.165, 1.54) is 0 Å². The molecular weight excluding hydrogens is 213 g/mol. The third-order valence-electron chi connectivity index (χ3n) is 1.28. The van der Waals surface area contributed by atoms with E-state index in [-0.39, 0.29) is 12.1 Å². The van der Waals surface area contributed by atoms with Crippen LogP contribution in [-0.2, 0) is 14.3 Å². The molecule has 0 aromatic carbocycles. The summed E-state index contributed by atoms with van der Waals surface area (Å²) in [5.74, 6) is -0.0174. The van der Waals surface area contributed by atoms with Gasteiger partial charge in [-0.1, -0.05) is 0 Å². The molecule has 0 spiro atoms. The average Bonchev–Trinajstić information content (AvgIpc) is 2.15. The van der Waals surface area contributed by atoms with E-state index in [9.17, 15) is 9.59 Å². The average molecular weight is 222 g/mol. The fraction of sp³-hybridized carbons (Fsp3) is 0.667. The van der Waals surface area contributed by atoms with Gasteiger partial charge in [0.2, 0.25) is 0 Å². The van der Waals surface area contributed by atoms with E-state index in [4.69, 9.17) is 0 Å². The third kappa shape index (κ3) is 2.91. The van der Waals surface area contributed by atoms with Crippen molar-refractivity contribution in [3.8, 4) is 0 Å². The number of ether oxygens (including phenoxy) is 1. The van der Waals surface area contributed by atoms with Crippen LogP contribution in [0.25, 0.3) is 0 Å². The molecule has 0 saturated carbocycles. The van der Waals surface area contributed by atoms with Gasteiger partial charge in [-0.15, -0.1) is 0 Å². The van der Waals surface area contributed by atoms with Crippen molar-refractivity contribution in [3.05, 3.63) is 0 Å². The van der Waals surface area contributed by atoms with Crippen LogP contribution in [0.3, 0.4) is 0 Å². The number of hydrogen-bond acceptors (Lipinski definition) is 3. The van der Waals surface area contributed by atoms with Crippen molar-refractivity contribution in [2.24, 2.45) is 0 Å². The number of rotatable bonds is 2. The number of amides is 1. The molecule has 1 aliphatic heterocycles. The Kier molecular flexibility index (Phi) is 3.39. The van der Waals surface area contributed by atoms with Gasteiger partial charge in [0.1, 0.15) is 0 Å². The number of nitrogens with one attached hydrogen (secondary N) is 1. The van der Waals surface area contributed by atoms with Crippen molar-refractivity contribution < 1.29 is 14.3 Å². The van der Waals surface area contributed by atoms with Crippen molar-refractivity contribution in [3.63, 3.8) is 0 Å². The topological polar surface area (TPSA) is 55.4 Å². The Morgan fingerprint density at radius 1 is 1.73 bits per heavy atom. The van der Waals surface area contributed by atoms with Crippen LogP contribution in [0.1, 0.15) is 6.42 Å². The summed E-state index contributed by atoms with van der Waals surface area (Å²) in [6.07, 6.45) is 0.195. The van der Waals surface area contributed by atoms with Crippen LogP contribution in [-0.4, -0.2) is 33.6 Å². The molecule has 1 N–H and O–H groups in total. The molecule has 1 atom stereocenters. The van der Waals surface area contributed by atoms with E-state index in [0.29, 0.717) is 27.8 Å². The first-order chi connectivity index (χ1) is 5.33. The first-order valence-corrected chi connectivity index (χ1v) is 5.71. The monoisotopic (exact) mass is 223 g/mol. The molecule has 0 aromatic rings. The summed E-state index contributed by atoms with van der Waals surface area (Å²) in [6.45, 7) is 0.381. The van der Waals surface area contributed by atoms with Gasteiger partial charge in [0.05, 0.1) is 0 Å². The van der Waals surface area contributed by atoms with Crippen LogP contribution in [0, 0.1) is 0 Å². The molecule has 11 heavy (non-hydrogen) atoms. The van der Waals surface area contributed by atoms with Gasteiger partial charge >= 0.3 is 70.3 Å². The predicted molar refractivity (Wildman–Crippen MR) is 39.1 cm³/mol. The van der Waals surface area contributed by atoms with Crippen molar-refractivity contribution in [1.82, 2.24) is 5.32 Å². The zero-order valence-corrected chi connectivity index (χ0v) is 7.62. The molecule has 1 aliphatic rings. The molecule has 0 aromatic heterocycles. The summed E-state index contributed by atoms with van der Waals surface area (Å²) in [7, 11) is 0. The molecule has 5 heteroatoms. The standard InChI is InChI=1S/C6H9NO3Se/c8-4-10-6-3-11-2-1-5(9)7-6/h4,6H,1-3H2,(H,7,9). The van der Waals surface area contributed by atoms with Crippen molar-refractivity contribution >= 4 is 27.3 Å². The summed E-state index contributed by atoms with van der Waals surface area (Å²) in [5.41, 5.74) is 0. The second kappa shape index (κ2) is 4.36. The molecule has 1 amide bonds. The van der Waals surface area contributed by atoms with Crippen LogP contribution in [0.15, 0.2) is 0 Å². The van der Waals surface area contributed by atoms with E-state index >= 15 is 0 Å². The van der Waals surface area contributed by atoms with Crippen LogP contribution < -0.4 is 5.32 Å². The number of carbonyl (C=O) groups excluding carboxylic acids is 2. The van der Waals surface area contributed by atoms with Gasteiger partial charge < -0.3 is 0 Å². The summed E-state index contributed by atoms with van der Waals surface area (Å²) in [4.78, 5) is 20.8. The van der Waals surface area contributed by atoms with Crippen LogP contribution >= 0.6 is 0 Å². The fourth-order valence-corrected chi connectivity index (χ4v) is 2.62. The van der Waals surface area contributed by atoms with E-state index < -0.39 is 0 Å². The van der Waals surface area contributed by atoms with E-state index in [1.807, 2.05) is 0 Å². The molecule has 1 rings (SSSR count). The van der Waals surface area contributed by atoms with E-state index in [0.717, 1.165) is 10.6 Å². The Balaban J connectivity index is 2.38. The van der Waals surface area contributed by atoms with Gasteiger partial charge in [-0.25, -0.2) is 0 Å². The Hall–Kier alpha value is -0.541. The molecular formula is C6H9NO3Se. The summed E-state index contributed by atoms with van der Waals surface area (Å²) in [6, 6.07) is 0. The molecule has 62 valence electrons. The number of hydrogen-bond donors (Lipinski definition) is 1. The van der Waals surface area contributed by atoms with Crippen LogP contribution in [0.4, 0.5) is 0 Å². The molecule has 1 saturated heterocycles. The molecule has 4 nitrogen and oxygen atoms in total. The second-order valence-electron chi connectivity index (χ2n) is 2.11. The first kappa shape index (κ1) is 8.56. The Morgan fingerprint density at radius 2 is 2.55 bits per heavy atom. The van der Waals surface area contributed by atoms with E-state index in [1.54, 1.807) is 0 Å². The quantitative estimate of drug-likeness (QED) is 0.508. The summed E-state index contributed by atoms with van der Waals surface area (Å²) in [5, 5.41) is 4.33. The predicted octanol–water partition coefficient (Wildman–Crippen LogP) is -0.454. The van der Waals surface area contributed by atoms with Crippen LogP contribution in [0.2, 0.25) is 10.6 Å². The maximum atomic E-state index is 10.9. The van der Waals surface area contributed by atoms with Gasteiger partial charge in [-0.3, -0.25) is 0 Å². The normalized spacial score (nSPS) is 25.1. The molecule has 1 heterocycles. The zero-order chi connectivity index (χ0) is 8.10. The van der Waals surface area contributed by atoms with Crippen molar-refractivity contribution in [1.29, 1.82) is 0 Å². The SMILES string of the molecule is O=COC1C[Se]CCC(=O)N1. The minimum atomic E-state index is -0.373. The second-order valence-corrected chi connectivity index (χ2v) is 4.53. The van der Waals surface area contributed by atoms with Crippen molar-refractivity contribution in [2.75, 3.05) is 0 Å². The van der Waals surface area contributed by atoms with Gasteiger partial charge in [0.25, 0.3) is 0 Å². The third-order valence-corrected chi connectivity index (χ3v) is 3.45. The van der Waals surface area contributed by atoms with Crippen LogP contribution in [0.5, 0.6) is 0 Å². The molecule has 1 unspecified atom stereocenters. The van der Waals surface area contributed by atoms with E-state index in [2.05, 4.69) is 10.1 Å².